The van der Waals surface area contributed by atoms with Crippen LogP contribution in [0.1, 0.15) is 304 Å². The number of phosphoric ester groups is 2. The van der Waals surface area contributed by atoms with E-state index in [4.69, 9.17) is 37.0 Å². The van der Waals surface area contributed by atoms with Gasteiger partial charge in [0.25, 0.3) is 0 Å². The molecule has 0 fully saturated rings. The van der Waals surface area contributed by atoms with Crippen LogP contribution in [0.15, 0.2) is 0 Å². The Morgan fingerprint density at radius 3 is 0.887 bits per heavy atom. The molecule has 3 N–H and O–H groups in total. The van der Waals surface area contributed by atoms with Crippen molar-refractivity contribution in [3.05, 3.63) is 0 Å². The molecular formula is C61H118O17P2. The number of carbonyl (C=O) groups is 4. The van der Waals surface area contributed by atoms with Crippen LogP contribution in [-0.2, 0) is 65.4 Å². The van der Waals surface area contributed by atoms with Crippen LogP contribution in [0.5, 0.6) is 0 Å². The predicted molar refractivity (Wildman–Crippen MR) is 317 cm³/mol. The third-order valence-electron chi connectivity index (χ3n) is 14.4. The molecule has 0 aliphatic rings. The van der Waals surface area contributed by atoms with Gasteiger partial charge in [0.1, 0.15) is 19.3 Å². The van der Waals surface area contributed by atoms with Crippen LogP contribution in [0.3, 0.4) is 0 Å². The van der Waals surface area contributed by atoms with Crippen LogP contribution in [0.4, 0.5) is 0 Å². The normalized spacial score (nSPS) is 14.7. The molecule has 6 atom stereocenters. The van der Waals surface area contributed by atoms with E-state index in [1.165, 1.54) is 116 Å². The van der Waals surface area contributed by atoms with Crippen LogP contribution >= 0.6 is 15.6 Å². The van der Waals surface area contributed by atoms with Crippen molar-refractivity contribution in [3.8, 4) is 0 Å². The summed E-state index contributed by atoms with van der Waals surface area (Å²) in [6, 6.07) is 0. The highest BCUT2D eigenvalue weighted by molar-refractivity contribution is 7.47. The molecule has 0 aromatic heterocycles. The van der Waals surface area contributed by atoms with Gasteiger partial charge in [0.15, 0.2) is 12.2 Å². The first-order valence-corrected chi connectivity index (χ1v) is 35.2. The number of ether oxygens (including phenoxy) is 4. The van der Waals surface area contributed by atoms with E-state index in [1.807, 2.05) is 0 Å². The highest BCUT2D eigenvalue weighted by atomic mass is 31.2. The van der Waals surface area contributed by atoms with E-state index >= 15 is 0 Å². The first-order valence-electron chi connectivity index (χ1n) is 32.2. The van der Waals surface area contributed by atoms with Crippen LogP contribution in [0, 0.1) is 5.92 Å². The molecule has 0 rings (SSSR count). The van der Waals surface area contributed by atoms with Crippen molar-refractivity contribution >= 4 is 39.5 Å². The molecule has 474 valence electrons. The van der Waals surface area contributed by atoms with E-state index in [2.05, 4.69) is 34.6 Å². The lowest BCUT2D eigenvalue weighted by atomic mass is 9.99. The Morgan fingerprint density at radius 1 is 0.350 bits per heavy atom. The number of esters is 4. The van der Waals surface area contributed by atoms with Gasteiger partial charge in [0.2, 0.25) is 0 Å². The quantitative estimate of drug-likeness (QED) is 0.0222. The van der Waals surface area contributed by atoms with Crippen molar-refractivity contribution in [3.63, 3.8) is 0 Å². The predicted octanol–water partition coefficient (Wildman–Crippen LogP) is 16.6. The summed E-state index contributed by atoms with van der Waals surface area (Å²) >= 11 is 0. The second kappa shape index (κ2) is 55.0. The number of phosphoric acid groups is 2. The van der Waals surface area contributed by atoms with Gasteiger partial charge < -0.3 is 33.8 Å². The minimum atomic E-state index is -4.94. The number of unbranched alkanes of at least 4 members (excludes halogenated alkanes) is 32. The number of carbonyl (C=O) groups excluding carboxylic acids is 4. The zero-order chi connectivity index (χ0) is 59.2. The molecule has 17 nitrogen and oxygen atoms in total. The monoisotopic (exact) mass is 1180 g/mol. The average Bonchev–Trinajstić information content (AvgIpc) is 3.43. The van der Waals surface area contributed by atoms with Crippen molar-refractivity contribution in [2.45, 2.75) is 323 Å². The van der Waals surface area contributed by atoms with Crippen LogP contribution < -0.4 is 0 Å². The lowest BCUT2D eigenvalue weighted by molar-refractivity contribution is -0.161. The molecule has 0 aliphatic carbocycles. The Morgan fingerprint density at radius 2 is 0.600 bits per heavy atom. The fraction of sp³-hybridized carbons (Fsp3) is 0.934. The standard InChI is InChI=1S/C61H118O17P2/c1-6-10-13-16-18-20-21-22-23-24-25-26-32-37-42-47-61(66)78-57(51-72-59(64)45-40-35-31-28-27-29-34-38-43-54(5)9-4)53-76-80(69,70)74-49-55(62)48-73-79(67,68)75-52-56(50-71-58(63)44-39-33-15-12-8-3)77-60(65)46-41-36-30-19-17-14-11-7-2/h54-57,62H,6-53H2,1-5H3,(H,67,68)(H,69,70)/t54?,55-,56+,57+/m0/s1. The second-order valence-corrected chi connectivity index (χ2v) is 25.2. The third-order valence-corrected chi connectivity index (χ3v) is 16.3. The first-order chi connectivity index (χ1) is 38.6. The van der Waals surface area contributed by atoms with Gasteiger partial charge in [-0.1, -0.05) is 253 Å². The second-order valence-electron chi connectivity index (χ2n) is 22.3. The minimum absolute atomic E-state index is 0.104. The molecule has 0 saturated heterocycles. The summed E-state index contributed by atoms with van der Waals surface area (Å²) in [5.74, 6) is -1.37. The number of hydrogen-bond acceptors (Lipinski definition) is 15. The summed E-state index contributed by atoms with van der Waals surface area (Å²) in [6.07, 6.45) is 37.9. The summed E-state index contributed by atoms with van der Waals surface area (Å²) in [7, 11) is -9.87. The van der Waals surface area contributed by atoms with Gasteiger partial charge in [-0.05, 0) is 31.6 Å². The molecule has 0 aromatic rings. The fourth-order valence-electron chi connectivity index (χ4n) is 9.02. The Bertz CT molecular complexity index is 1570. The Labute approximate surface area is 486 Å². The summed E-state index contributed by atoms with van der Waals surface area (Å²) in [6.45, 7) is 7.06. The fourth-order valence-corrected chi connectivity index (χ4v) is 10.6. The van der Waals surface area contributed by atoms with Crippen molar-refractivity contribution in [2.75, 3.05) is 39.6 Å². The number of aliphatic hydroxyl groups is 1. The lowest BCUT2D eigenvalue weighted by Crippen LogP contribution is -2.30. The van der Waals surface area contributed by atoms with E-state index in [1.54, 1.807) is 0 Å². The van der Waals surface area contributed by atoms with E-state index in [-0.39, 0.29) is 25.7 Å². The number of rotatable bonds is 61. The Kier molecular flexibility index (Phi) is 53.6. The summed E-state index contributed by atoms with van der Waals surface area (Å²) in [5, 5.41) is 10.5. The summed E-state index contributed by atoms with van der Waals surface area (Å²) in [5.41, 5.74) is 0. The zero-order valence-corrected chi connectivity index (χ0v) is 53.0. The molecule has 0 aromatic carbocycles. The molecule has 0 aliphatic heterocycles. The SMILES string of the molecule is CCCCCCCCCCCCCCCCCC(=O)O[C@H](COC(=O)CCCCCCCCCCC(C)CC)COP(=O)(O)OC[C@@H](O)COP(=O)(O)OC[C@@H](COC(=O)CCCCCCC)OC(=O)CCCCCCCCCC. The molecule has 3 unspecified atom stereocenters. The number of aliphatic hydroxyl groups excluding tert-OH is 1. The van der Waals surface area contributed by atoms with Gasteiger partial charge in [-0.25, -0.2) is 9.13 Å². The average molecular weight is 1190 g/mol. The van der Waals surface area contributed by atoms with Crippen LogP contribution in [0.2, 0.25) is 0 Å². The maximum absolute atomic E-state index is 12.9. The molecule has 19 heteroatoms. The molecular weight excluding hydrogens is 1070 g/mol. The summed E-state index contributed by atoms with van der Waals surface area (Å²) in [4.78, 5) is 71.8. The molecule has 0 heterocycles. The topological polar surface area (TPSA) is 237 Å². The zero-order valence-electron chi connectivity index (χ0n) is 51.2. The largest absolute Gasteiger partial charge is 0.472 e. The molecule has 0 amide bonds. The maximum Gasteiger partial charge on any atom is 0.472 e. The molecule has 0 bridgehead atoms. The Balaban J connectivity index is 5.17. The van der Waals surface area contributed by atoms with Crippen LogP contribution in [0.25, 0.3) is 0 Å². The van der Waals surface area contributed by atoms with Gasteiger partial charge in [-0.3, -0.25) is 37.3 Å². The van der Waals surface area contributed by atoms with E-state index in [9.17, 15) is 43.2 Å². The lowest BCUT2D eigenvalue weighted by Gasteiger charge is -2.21. The third kappa shape index (κ3) is 54.0. The van der Waals surface area contributed by atoms with Crippen molar-refractivity contribution in [1.82, 2.24) is 0 Å². The highest BCUT2D eigenvalue weighted by Gasteiger charge is 2.30. The van der Waals surface area contributed by atoms with E-state index < -0.39 is 97.5 Å². The van der Waals surface area contributed by atoms with Crippen LogP contribution in [-0.4, -0.2) is 96.7 Å². The van der Waals surface area contributed by atoms with Gasteiger partial charge in [-0.15, -0.1) is 0 Å². The smallest absolute Gasteiger partial charge is 0.462 e. The maximum atomic E-state index is 12.9. The van der Waals surface area contributed by atoms with Gasteiger partial charge in [0, 0.05) is 25.7 Å². The number of hydrogen-bond donors (Lipinski definition) is 3. The molecule has 0 radical (unpaired) electrons. The first kappa shape index (κ1) is 78.1. The molecule has 80 heavy (non-hydrogen) atoms. The van der Waals surface area contributed by atoms with Crippen molar-refractivity contribution in [2.24, 2.45) is 5.92 Å². The summed E-state index contributed by atoms with van der Waals surface area (Å²) < 4.78 is 67.6. The molecule has 0 spiro atoms. The van der Waals surface area contributed by atoms with Gasteiger partial charge >= 0.3 is 39.5 Å². The van der Waals surface area contributed by atoms with Crippen molar-refractivity contribution in [1.29, 1.82) is 0 Å². The van der Waals surface area contributed by atoms with Gasteiger partial charge in [0.05, 0.1) is 26.4 Å². The molecule has 0 saturated carbocycles. The van der Waals surface area contributed by atoms with E-state index in [0.29, 0.717) is 25.7 Å². The minimum Gasteiger partial charge on any atom is -0.462 e. The Hall–Kier alpha value is -1.94. The van der Waals surface area contributed by atoms with Gasteiger partial charge in [-0.2, -0.15) is 0 Å². The van der Waals surface area contributed by atoms with Crippen molar-refractivity contribution < 1.29 is 80.2 Å². The highest BCUT2D eigenvalue weighted by Crippen LogP contribution is 2.45. The van der Waals surface area contributed by atoms with E-state index in [0.717, 1.165) is 109 Å².